The molecule has 4 amide bonds. The smallest absolute Gasteiger partial charge is 0.350 e. The predicted molar refractivity (Wildman–Crippen MR) is 257 cm³/mol. The summed E-state index contributed by atoms with van der Waals surface area (Å²) >= 11 is 11.7. The summed E-state index contributed by atoms with van der Waals surface area (Å²) in [5, 5.41) is 5.59. The average Bonchev–Trinajstić information content (AvgIpc) is 4.14. The SMILES string of the molecule is CC(=O)c1cn(CC(=O)N2C[C@H](F)C[C@H]2C(=O)NCc2cccc(Cl)c2F)c2cc(OOP(C)(=O)OOc3ccc4c(C(C)=O)cn(CC(=O)N5C[C@H](F)C[C@H]5C(=O)NCc5cccc(Cl)c5F)c4c3)ccc12. The Kier molecular flexibility index (Phi) is 15.7. The molecule has 8 rings (SSSR count). The number of benzene rings is 4. The van der Waals surface area contributed by atoms with Gasteiger partial charge in [0.1, 0.15) is 49.2 Å². The normalized spacial score (nSPS) is 17.8. The van der Waals surface area contributed by atoms with Crippen molar-refractivity contribution in [3.63, 3.8) is 0 Å². The summed E-state index contributed by atoms with van der Waals surface area (Å²) < 4.78 is 85.1. The van der Waals surface area contributed by atoms with Crippen molar-refractivity contribution in [1.82, 2.24) is 29.6 Å². The maximum atomic E-state index is 14.8. The first-order valence-electron chi connectivity index (χ1n) is 22.5. The van der Waals surface area contributed by atoms with Crippen LogP contribution in [0, 0.1) is 11.6 Å². The van der Waals surface area contributed by atoms with Crippen LogP contribution in [0.25, 0.3) is 21.8 Å². The number of amides is 4. The molecule has 73 heavy (non-hydrogen) atoms. The second-order valence-corrected chi connectivity index (χ2v) is 20.2. The van der Waals surface area contributed by atoms with E-state index in [2.05, 4.69) is 10.6 Å². The molecule has 2 fully saturated rings. The van der Waals surface area contributed by atoms with Crippen LogP contribution in [0.15, 0.2) is 85.2 Å². The summed E-state index contributed by atoms with van der Waals surface area (Å²) in [5.41, 5.74) is 1.18. The first-order valence-corrected chi connectivity index (χ1v) is 25.3. The molecule has 0 saturated carbocycles. The van der Waals surface area contributed by atoms with E-state index in [9.17, 15) is 50.9 Å². The fourth-order valence-corrected chi connectivity index (χ4v) is 9.62. The number of hydrogen-bond acceptors (Lipinski definition) is 11. The number of likely N-dealkylation sites (tertiary alicyclic amines) is 2. The van der Waals surface area contributed by atoms with Gasteiger partial charge in [0.15, 0.2) is 23.1 Å². The van der Waals surface area contributed by atoms with Gasteiger partial charge in [0.25, 0.3) is 0 Å². The summed E-state index contributed by atoms with van der Waals surface area (Å²) in [7, 11) is -4.26. The number of rotatable bonds is 18. The van der Waals surface area contributed by atoms with Crippen molar-refractivity contribution >= 4 is 87.8 Å². The lowest BCUT2D eigenvalue weighted by molar-refractivity contribution is -0.169. The minimum atomic E-state index is -4.26. The fourth-order valence-electron chi connectivity index (χ4n) is 8.76. The zero-order valence-electron chi connectivity index (χ0n) is 39.0. The van der Waals surface area contributed by atoms with E-state index in [0.29, 0.717) is 10.8 Å². The van der Waals surface area contributed by atoms with Gasteiger partial charge in [0.2, 0.25) is 23.6 Å². The highest BCUT2D eigenvalue weighted by atomic mass is 35.5. The zero-order chi connectivity index (χ0) is 52.5. The van der Waals surface area contributed by atoms with E-state index < -0.39 is 93.5 Å². The number of aromatic nitrogens is 2. The van der Waals surface area contributed by atoms with Crippen LogP contribution in [-0.4, -0.2) is 98.3 Å². The number of alkyl halides is 2. The van der Waals surface area contributed by atoms with Crippen molar-refractivity contribution in [2.75, 3.05) is 19.8 Å². The molecule has 0 aliphatic carbocycles. The number of Topliss-reactive ketones (excluding diaryl/α,β-unsaturated/α-hetero) is 2. The van der Waals surface area contributed by atoms with Crippen molar-refractivity contribution in [1.29, 1.82) is 0 Å². The number of nitrogens with one attached hydrogen (secondary N) is 2. The first-order chi connectivity index (χ1) is 34.7. The molecule has 2 N–H and O–H groups in total. The van der Waals surface area contributed by atoms with E-state index in [1.54, 1.807) is 0 Å². The van der Waals surface area contributed by atoms with Gasteiger partial charge in [-0.2, -0.15) is 0 Å². The van der Waals surface area contributed by atoms with E-state index in [-0.39, 0.29) is 92.3 Å². The number of hydrogen-bond donors (Lipinski definition) is 2. The zero-order valence-corrected chi connectivity index (χ0v) is 41.5. The molecular weight excluding hydrogens is 1030 g/mol. The van der Waals surface area contributed by atoms with Crippen LogP contribution in [0.5, 0.6) is 11.5 Å². The molecule has 4 aromatic carbocycles. The van der Waals surface area contributed by atoms with Gasteiger partial charge >= 0.3 is 7.60 Å². The molecule has 0 bridgehead atoms. The quantitative estimate of drug-likeness (QED) is 0.0277. The minimum absolute atomic E-state index is 0.0666. The Balaban J connectivity index is 0.919. The molecule has 384 valence electrons. The molecule has 4 atom stereocenters. The molecule has 24 heteroatoms. The number of fused-ring (bicyclic) bond motifs is 2. The highest BCUT2D eigenvalue weighted by Crippen LogP contribution is 2.45. The van der Waals surface area contributed by atoms with E-state index in [0.717, 1.165) is 16.5 Å². The monoisotopic (exact) mass is 1070 g/mol. The first kappa shape index (κ1) is 52.5. The van der Waals surface area contributed by atoms with E-state index >= 15 is 0 Å². The third-order valence-corrected chi connectivity index (χ3v) is 13.6. The highest BCUT2D eigenvalue weighted by Gasteiger charge is 2.41. The van der Waals surface area contributed by atoms with Crippen LogP contribution in [0.1, 0.15) is 58.5 Å². The Morgan fingerprint density at radius 3 is 1.42 bits per heavy atom. The second kappa shape index (κ2) is 21.8. The number of carbonyl (C=O) groups is 6. The number of ketones is 2. The third kappa shape index (κ3) is 11.7. The Morgan fingerprint density at radius 2 is 1.04 bits per heavy atom. The molecular formula is C49H45Cl2F4N6O11P. The van der Waals surface area contributed by atoms with Gasteiger partial charge in [0, 0.05) is 90.1 Å². The van der Waals surface area contributed by atoms with Crippen LogP contribution in [0.3, 0.4) is 0 Å². The van der Waals surface area contributed by atoms with E-state index in [4.69, 9.17) is 42.3 Å². The molecule has 6 aromatic rings. The highest BCUT2D eigenvalue weighted by molar-refractivity contribution is 7.52. The molecule has 2 aliphatic rings. The summed E-state index contributed by atoms with van der Waals surface area (Å²) in [4.78, 5) is 92.1. The summed E-state index contributed by atoms with van der Waals surface area (Å²) in [6, 6.07) is 14.6. The molecule has 0 unspecified atom stereocenters. The molecule has 17 nitrogen and oxygen atoms in total. The maximum Gasteiger partial charge on any atom is 0.402 e. The Hall–Kier alpha value is -6.77. The lowest BCUT2D eigenvalue weighted by Gasteiger charge is -2.24. The third-order valence-electron chi connectivity index (χ3n) is 12.3. The minimum Gasteiger partial charge on any atom is -0.350 e. The molecule has 0 spiro atoms. The van der Waals surface area contributed by atoms with Crippen molar-refractivity contribution in [3.05, 3.63) is 129 Å². The molecule has 0 radical (unpaired) electrons. The van der Waals surface area contributed by atoms with Crippen LogP contribution in [0.4, 0.5) is 17.6 Å². The van der Waals surface area contributed by atoms with Crippen molar-refractivity contribution in [2.45, 2.75) is 77.3 Å². The molecule has 4 heterocycles. The van der Waals surface area contributed by atoms with Gasteiger partial charge in [0.05, 0.1) is 34.2 Å². The largest absolute Gasteiger partial charge is 0.402 e. The summed E-state index contributed by atoms with van der Waals surface area (Å²) in [6.45, 7) is 1.46. The van der Waals surface area contributed by atoms with Crippen molar-refractivity contribution in [3.8, 4) is 11.5 Å². The topological polar surface area (TPSA) is 197 Å². The second-order valence-electron chi connectivity index (χ2n) is 17.5. The number of halogens is 6. The Bertz CT molecular complexity index is 3040. The van der Waals surface area contributed by atoms with Crippen LogP contribution < -0.4 is 20.4 Å². The lowest BCUT2D eigenvalue weighted by atomic mass is 10.1. The maximum absolute atomic E-state index is 14.8. The summed E-state index contributed by atoms with van der Waals surface area (Å²) in [6.07, 6.45) is -0.824. The molecule has 2 aromatic heterocycles. The van der Waals surface area contributed by atoms with Gasteiger partial charge in [-0.1, -0.05) is 56.8 Å². The van der Waals surface area contributed by atoms with Gasteiger partial charge in [-0.05, 0) is 50.2 Å². The average molecular weight is 1070 g/mol. The van der Waals surface area contributed by atoms with E-state index in [1.807, 2.05) is 0 Å². The lowest BCUT2D eigenvalue weighted by Crippen LogP contribution is -2.46. The van der Waals surface area contributed by atoms with Crippen molar-refractivity contribution < 1.29 is 70.0 Å². The summed E-state index contributed by atoms with van der Waals surface area (Å²) in [5.74, 6) is -5.02. The fraction of sp³-hybridized carbons (Fsp3) is 0.306. The van der Waals surface area contributed by atoms with Crippen molar-refractivity contribution in [2.24, 2.45) is 0 Å². The van der Waals surface area contributed by atoms with Gasteiger partial charge < -0.3 is 39.3 Å². The van der Waals surface area contributed by atoms with Crippen LogP contribution >= 0.6 is 30.8 Å². The Labute approximate surface area is 423 Å². The standard InChI is InChI=1S/C49H45Cl2F4N6O11P/c1-26(62)36-22-58(24-44(64)60-20-30(52)14-42(60)48(66)56-18-28-6-4-8-38(50)46(28)54)40-16-32(10-12-34(36)40)69-71-73(3,68)72-70-33-11-13-35-37(27(2)63)23-59(41(35)17-33)25-45(65)61-21-31(53)15-43(61)49(67)57-19-29-7-5-9-39(51)47(29)55/h4-13,16-17,22-23,30-31,42-43H,14-15,18-21,24-25H2,1-3H3,(H,56,66)(H,57,67)/t30-,31-,42+,43+/m1/s1. The van der Waals surface area contributed by atoms with Gasteiger partial charge in [-0.15, -0.1) is 0 Å². The van der Waals surface area contributed by atoms with Gasteiger partial charge in [-0.3, -0.25) is 33.3 Å². The predicted octanol–water partition coefficient (Wildman–Crippen LogP) is 8.24. The number of carbonyl (C=O) groups excluding carboxylic acids is 6. The number of nitrogens with zero attached hydrogens (tertiary/aromatic N) is 4. The molecule has 2 saturated heterocycles. The van der Waals surface area contributed by atoms with Crippen LogP contribution in [-0.2, 0) is 59.3 Å². The Morgan fingerprint density at radius 1 is 0.644 bits per heavy atom. The molecule has 2 aliphatic heterocycles. The van der Waals surface area contributed by atoms with Gasteiger partial charge in [-0.25, -0.2) is 17.6 Å². The van der Waals surface area contributed by atoms with E-state index in [1.165, 1.54) is 108 Å². The van der Waals surface area contributed by atoms with Crippen LogP contribution in [0.2, 0.25) is 10.0 Å².